The Hall–Kier alpha value is -4.75. The van der Waals surface area contributed by atoms with Gasteiger partial charge in [0.2, 0.25) is 0 Å². The molecule has 11 nitrogen and oxygen atoms in total. The second-order valence-electron chi connectivity index (χ2n) is 7.98. The molecule has 200 valence electrons. The smallest absolute Gasteiger partial charge is 0.343 e. The number of ether oxygens (including phenoxy) is 2. The molecule has 0 unspecified atom stereocenters. The lowest BCUT2D eigenvalue weighted by Crippen LogP contribution is -2.14. The maximum absolute atomic E-state index is 13.2. The summed E-state index contributed by atoms with van der Waals surface area (Å²) in [7, 11) is 0. The SMILES string of the molecule is O=C(Oc1ccc(C(=O)c2ccccc2)c(OC(=O)c2ccc(Br)c([N+](=O)[O-])c2)c1)c1ccc(Br)c([N+](=O)[O-])c1. The van der Waals surface area contributed by atoms with Gasteiger partial charge in [0.25, 0.3) is 11.4 Å². The molecule has 0 saturated carbocycles. The van der Waals surface area contributed by atoms with E-state index in [1.54, 1.807) is 30.3 Å². The minimum Gasteiger partial charge on any atom is -0.423 e. The van der Waals surface area contributed by atoms with Gasteiger partial charge in [-0.3, -0.25) is 25.0 Å². The van der Waals surface area contributed by atoms with Crippen LogP contribution in [0.1, 0.15) is 36.6 Å². The molecule has 0 spiro atoms. The van der Waals surface area contributed by atoms with Gasteiger partial charge in [0.05, 0.1) is 35.5 Å². The fourth-order valence-corrected chi connectivity index (χ4v) is 4.25. The minimum atomic E-state index is -1.01. The van der Waals surface area contributed by atoms with Crippen LogP contribution < -0.4 is 9.47 Å². The first-order valence-electron chi connectivity index (χ1n) is 11.1. The van der Waals surface area contributed by atoms with Gasteiger partial charge in [-0.25, -0.2) is 9.59 Å². The maximum Gasteiger partial charge on any atom is 0.343 e. The van der Waals surface area contributed by atoms with Gasteiger partial charge >= 0.3 is 11.9 Å². The summed E-state index contributed by atoms with van der Waals surface area (Å²) in [5.74, 6) is -2.88. The predicted molar refractivity (Wildman–Crippen MR) is 148 cm³/mol. The number of rotatable bonds is 8. The van der Waals surface area contributed by atoms with Crippen LogP contribution in [0, 0.1) is 20.2 Å². The van der Waals surface area contributed by atoms with E-state index in [-0.39, 0.29) is 54.1 Å². The zero-order chi connectivity index (χ0) is 29.0. The molecule has 0 aliphatic heterocycles. The Morgan fingerprint density at radius 3 is 1.68 bits per heavy atom. The molecule has 0 aliphatic carbocycles. The number of ketones is 1. The van der Waals surface area contributed by atoms with Crippen molar-refractivity contribution in [1.29, 1.82) is 0 Å². The van der Waals surface area contributed by atoms with Crippen LogP contribution in [-0.2, 0) is 0 Å². The van der Waals surface area contributed by atoms with Crippen molar-refractivity contribution in [2.45, 2.75) is 0 Å². The number of carbonyl (C=O) groups excluding carboxylic acids is 3. The predicted octanol–water partition coefficient (Wildman–Crippen LogP) is 6.70. The summed E-state index contributed by atoms with van der Waals surface area (Å²) in [5.41, 5.74) is -0.786. The van der Waals surface area contributed by atoms with Crippen LogP contribution in [0.2, 0.25) is 0 Å². The van der Waals surface area contributed by atoms with E-state index >= 15 is 0 Å². The van der Waals surface area contributed by atoms with Crippen molar-refractivity contribution >= 4 is 61.0 Å². The second-order valence-corrected chi connectivity index (χ2v) is 9.69. The van der Waals surface area contributed by atoms with E-state index in [0.717, 1.165) is 18.2 Å². The number of nitro groups is 2. The molecule has 4 aromatic rings. The zero-order valence-electron chi connectivity index (χ0n) is 19.9. The molecule has 40 heavy (non-hydrogen) atoms. The lowest BCUT2D eigenvalue weighted by atomic mass is 10.0. The Bertz CT molecular complexity index is 1690. The third-order valence-electron chi connectivity index (χ3n) is 5.40. The van der Waals surface area contributed by atoms with Gasteiger partial charge in [-0.05, 0) is 68.3 Å². The highest BCUT2D eigenvalue weighted by Gasteiger charge is 2.23. The van der Waals surface area contributed by atoms with Gasteiger partial charge in [-0.15, -0.1) is 0 Å². The highest BCUT2D eigenvalue weighted by Crippen LogP contribution is 2.31. The molecular formula is C27H14Br2N2O9. The maximum atomic E-state index is 13.2. The topological polar surface area (TPSA) is 156 Å². The summed E-state index contributed by atoms with van der Waals surface area (Å²) in [6.45, 7) is 0. The molecule has 0 saturated heterocycles. The summed E-state index contributed by atoms with van der Waals surface area (Å²) in [6, 6.07) is 19.1. The van der Waals surface area contributed by atoms with Crippen LogP contribution >= 0.6 is 31.9 Å². The van der Waals surface area contributed by atoms with Crippen LogP contribution in [0.3, 0.4) is 0 Å². The first-order chi connectivity index (χ1) is 19.0. The Balaban J connectivity index is 1.70. The molecule has 4 aromatic carbocycles. The molecular weight excluding hydrogens is 656 g/mol. The lowest BCUT2D eigenvalue weighted by Gasteiger charge is -2.12. The summed E-state index contributed by atoms with van der Waals surface area (Å²) >= 11 is 6.09. The molecule has 0 radical (unpaired) electrons. The third-order valence-corrected chi connectivity index (χ3v) is 6.75. The van der Waals surface area contributed by atoms with Crippen molar-refractivity contribution in [1.82, 2.24) is 0 Å². The number of benzene rings is 4. The summed E-state index contributed by atoms with van der Waals surface area (Å²) in [5, 5.41) is 22.5. The van der Waals surface area contributed by atoms with E-state index in [2.05, 4.69) is 31.9 Å². The molecule has 0 aliphatic rings. The summed E-state index contributed by atoms with van der Waals surface area (Å²) in [6.07, 6.45) is 0. The lowest BCUT2D eigenvalue weighted by molar-refractivity contribution is -0.385. The van der Waals surface area contributed by atoms with E-state index in [0.29, 0.717) is 0 Å². The molecule has 0 bridgehead atoms. The van der Waals surface area contributed by atoms with Crippen molar-refractivity contribution in [3.63, 3.8) is 0 Å². The number of hydrogen-bond acceptors (Lipinski definition) is 9. The van der Waals surface area contributed by atoms with Crippen LogP contribution in [0.4, 0.5) is 11.4 Å². The van der Waals surface area contributed by atoms with Crippen molar-refractivity contribution in [2.75, 3.05) is 0 Å². The Morgan fingerprint density at radius 1 is 0.625 bits per heavy atom. The Kier molecular flexibility index (Phi) is 8.46. The monoisotopic (exact) mass is 668 g/mol. The van der Waals surface area contributed by atoms with Crippen LogP contribution in [0.15, 0.2) is 93.9 Å². The number of nitro benzene ring substituents is 2. The zero-order valence-corrected chi connectivity index (χ0v) is 23.1. The van der Waals surface area contributed by atoms with Gasteiger partial charge in [0.1, 0.15) is 11.5 Å². The van der Waals surface area contributed by atoms with Gasteiger partial charge in [0, 0.05) is 23.8 Å². The number of nitrogens with zero attached hydrogens (tertiary/aromatic N) is 2. The first kappa shape index (κ1) is 28.3. The fourth-order valence-electron chi connectivity index (χ4n) is 3.47. The molecule has 0 amide bonds. The molecule has 13 heteroatoms. The Labute approximate surface area is 241 Å². The van der Waals surface area contributed by atoms with Crippen LogP contribution in [-0.4, -0.2) is 27.6 Å². The molecule has 0 atom stereocenters. The van der Waals surface area contributed by atoms with Crippen molar-refractivity contribution < 1.29 is 33.7 Å². The van der Waals surface area contributed by atoms with E-state index < -0.39 is 27.6 Å². The summed E-state index contributed by atoms with van der Waals surface area (Å²) in [4.78, 5) is 60.0. The highest BCUT2D eigenvalue weighted by atomic mass is 79.9. The molecule has 0 aromatic heterocycles. The molecule has 0 fully saturated rings. The number of hydrogen-bond donors (Lipinski definition) is 0. The van der Waals surface area contributed by atoms with Crippen molar-refractivity contribution in [3.05, 3.63) is 136 Å². The Morgan fingerprint density at radius 2 is 1.15 bits per heavy atom. The van der Waals surface area contributed by atoms with Crippen LogP contribution in [0.25, 0.3) is 0 Å². The molecule has 0 N–H and O–H groups in total. The normalized spacial score (nSPS) is 10.4. The second kappa shape index (κ2) is 12.0. The average Bonchev–Trinajstić information content (AvgIpc) is 2.93. The van der Waals surface area contributed by atoms with E-state index in [1.165, 1.54) is 36.4 Å². The van der Waals surface area contributed by atoms with E-state index in [9.17, 15) is 34.6 Å². The number of esters is 2. The fraction of sp³-hybridized carbons (Fsp3) is 0. The van der Waals surface area contributed by atoms with Gasteiger partial charge in [0.15, 0.2) is 5.78 Å². The third kappa shape index (κ3) is 6.27. The standard InChI is InChI=1S/C27H14Br2N2O9/c28-20-10-6-16(12-22(20)30(35)36)26(33)39-18-8-9-19(25(32)15-4-2-1-3-5-15)24(14-18)40-27(34)17-7-11-21(29)23(13-17)31(37)38/h1-14H. The number of halogens is 2. The van der Waals surface area contributed by atoms with Gasteiger partial charge in [-0.1, -0.05) is 30.3 Å². The molecule has 0 heterocycles. The first-order valence-corrected chi connectivity index (χ1v) is 12.7. The average molecular weight is 670 g/mol. The summed E-state index contributed by atoms with van der Waals surface area (Å²) < 4.78 is 11.1. The van der Waals surface area contributed by atoms with Crippen LogP contribution in [0.5, 0.6) is 11.5 Å². The molecule has 4 rings (SSSR count). The van der Waals surface area contributed by atoms with Crippen molar-refractivity contribution in [3.8, 4) is 11.5 Å². The van der Waals surface area contributed by atoms with E-state index in [4.69, 9.17) is 9.47 Å². The van der Waals surface area contributed by atoms with E-state index in [1.807, 2.05) is 0 Å². The van der Waals surface area contributed by atoms with Gasteiger partial charge in [-0.2, -0.15) is 0 Å². The minimum absolute atomic E-state index is 0.0507. The number of carbonyl (C=O) groups is 3. The quantitative estimate of drug-likeness (QED) is 0.0655. The van der Waals surface area contributed by atoms with Gasteiger partial charge < -0.3 is 9.47 Å². The largest absolute Gasteiger partial charge is 0.423 e. The highest BCUT2D eigenvalue weighted by molar-refractivity contribution is 9.11. The van der Waals surface area contributed by atoms with Crippen molar-refractivity contribution in [2.24, 2.45) is 0 Å².